The van der Waals surface area contributed by atoms with Gasteiger partial charge < -0.3 is 5.32 Å². The molecule has 0 heterocycles. The number of rotatable bonds is 1. The Morgan fingerprint density at radius 3 is 2.30 bits per heavy atom. The zero-order chi connectivity index (χ0) is 8.20. The van der Waals surface area contributed by atoms with Gasteiger partial charge >= 0.3 is 0 Å². The molecule has 0 aromatic heterocycles. The molecule has 0 aliphatic rings. The molecule has 0 fully saturated rings. The monoisotopic (exact) mass is 139 g/mol. The van der Waals surface area contributed by atoms with Gasteiger partial charge in [0.2, 0.25) is 5.91 Å². The number of hydrogen-bond acceptors (Lipinski definition) is 1. The molecule has 0 spiro atoms. The van der Waals surface area contributed by atoms with E-state index in [1.54, 1.807) is 27.8 Å². The third-order valence-electron chi connectivity index (χ3n) is 1.23. The Morgan fingerprint density at radius 1 is 1.50 bits per heavy atom. The van der Waals surface area contributed by atoms with Crippen LogP contribution in [0, 0.1) is 17.3 Å². The first-order valence-electron chi connectivity index (χ1n) is 3.20. The van der Waals surface area contributed by atoms with Gasteiger partial charge in [-0.25, -0.2) is 0 Å². The lowest BCUT2D eigenvalue weighted by molar-refractivity contribution is -0.126. The summed E-state index contributed by atoms with van der Waals surface area (Å²) in [7, 11) is 1.61. The van der Waals surface area contributed by atoms with Crippen LogP contribution in [0.1, 0.15) is 20.8 Å². The summed E-state index contributed by atoms with van der Waals surface area (Å²) < 4.78 is 0. The summed E-state index contributed by atoms with van der Waals surface area (Å²) in [4.78, 5) is 11.0. The summed E-state index contributed by atoms with van der Waals surface area (Å²) in [6.07, 6.45) is 0. The summed E-state index contributed by atoms with van der Waals surface area (Å²) in [6.45, 7) is 5.31. The van der Waals surface area contributed by atoms with Crippen molar-refractivity contribution in [3.05, 3.63) is 0 Å². The maximum atomic E-state index is 11.0. The van der Waals surface area contributed by atoms with E-state index in [1.807, 2.05) is 0 Å². The number of hydrogen-bond donors (Lipinski definition) is 1. The Hall–Kier alpha value is -0.970. The largest absolute Gasteiger partial charge is 0.358 e. The number of amides is 1. The summed E-state index contributed by atoms with van der Waals surface area (Å²) in [5.41, 5.74) is -0.552. The fraction of sp³-hybridized carbons (Fsp3) is 0.625. The van der Waals surface area contributed by atoms with Gasteiger partial charge in [-0.05, 0) is 20.8 Å². The molecule has 56 valence electrons. The summed E-state index contributed by atoms with van der Waals surface area (Å²) in [5.74, 6) is 5.48. The Bertz CT molecular complexity index is 183. The molecule has 0 aliphatic carbocycles. The number of carbonyl (C=O) groups is 1. The van der Waals surface area contributed by atoms with E-state index in [0.29, 0.717) is 0 Å². The zero-order valence-corrected chi connectivity index (χ0v) is 6.91. The van der Waals surface area contributed by atoms with Crippen LogP contribution in [0.3, 0.4) is 0 Å². The fourth-order valence-corrected chi connectivity index (χ4v) is 0.682. The van der Waals surface area contributed by atoms with Crippen molar-refractivity contribution in [1.82, 2.24) is 5.32 Å². The molecular weight excluding hydrogens is 126 g/mol. The first-order valence-corrected chi connectivity index (χ1v) is 3.20. The molecule has 0 atom stereocenters. The molecule has 0 saturated heterocycles. The topological polar surface area (TPSA) is 29.1 Å². The summed E-state index contributed by atoms with van der Waals surface area (Å²) in [5, 5.41) is 2.55. The Balaban J connectivity index is 4.34. The zero-order valence-electron chi connectivity index (χ0n) is 6.91. The van der Waals surface area contributed by atoms with Crippen molar-refractivity contribution in [2.45, 2.75) is 20.8 Å². The van der Waals surface area contributed by atoms with Crippen molar-refractivity contribution < 1.29 is 4.79 Å². The first kappa shape index (κ1) is 9.03. The molecule has 0 radical (unpaired) electrons. The molecule has 0 aromatic carbocycles. The van der Waals surface area contributed by atoms with Crippen LogP contribution in [0.2, 0.25) is 0 Å². The van der Waals surface area contributed by atoms with Crippen LogP contribution in [-0.4, -0.2) is 13.0 Å². The summed E-state index contributed by atoms with van der Waals surface area (Å²) >= 11 is 0. The van der Waals surface area contributed by atoms with Crippen LogP contribution in [0.15, 0.2) is 0 Å². The van der Waals surface area contributed by atoms with Crippen LogP contribution in [0.4, 0.5) is 0 Å². The highest BCUT2D eigenvalue weighted by atomic mass is 16.2. The van der Waals surface area contributed by atoms with Crippen LogP contribution in [0.5, 0.6) is 0 Å². The van der Waals surface area contributed by atoms with Crippen molar-refractivity contribution in [2.24, 2.45) is 5.41 Å². The van der Waals surface area contributed by atoms with E-state index in [9.17, 15) is 4.79 Å². The molecule has 0 bridgehead atoms. The van der Waals surface area contributed by atoms with Gasteiger partial charge in [0.15, 0.2) is 0 Å². The lowest BCUT2D eigenvalue weighted by atomic mass is 9.93. The molecule has 10 heavy (non-hydrogen) atoms. The Labute approximate surface area is 62.0 Å². The highest BCUT2D eigenvalue weighted by molar-refractivity contribution is 5.84. The van der Waals surface area contributed by atoms with Gasteiger partial charge in [0.05, 0.1) is 0 Å². The molecule has 0 unspecified atom stereocenters. The Kier molecular flexibility index (Phi) is 2.95. The molecule has 2 nitrogen and oxygen atoms in total. The fourth-order valence-electron chi connectivity index (χ4n) is 0.682. The van der Waals surface area contributed by atoms with Crippen LogP contribution < -0.4 is 5.32 Å². The third-order valence-corrected chi connectivity index (χ3v) is 1.23. The first-order chi connectivity index (χ1) is 4.54. The lowest BCUT2D eigenvalue weighted by Gasteiger charge is -2.14. The molecule has 0 aromatic rings. The maximum Gasteiger partial charge on any atom is 0.237 e. The molecule has 0 saturated carbocycles. The van der Waals surface area contributed by atoms with E-state index in [2.05, 4.69) is 17.2 Å². The van der Waals surface area contributed by atoms with Crippen LogP contribution >= 0.6 is 0 Å². The van der Waals surface area contributed by atoms with Gasteiger partial charge in [0, 0.05) is 7.05 Å². The van der Waals surface area contributed by atoms with Gasteiger partial charge in [-0.1, -0.05) is 5.92 Å². The SMILES string of the molecule is CC#CC(C)(C)C(=O)NC. The predicted octanol–water partition coefficient (Wildman–Crippen LogP) is 0.782. The van der Waals surface area contributed by atoms with E-state index >= 15 is 0 Å². The van der Waals surface area contributed by atoms with E-state index in [1.165, 1.54) is 0 Å². The normalized spacial score (nSPS) is 9.60. The quantitative estimate of drug-likeness (QED) is 0.534. The minimum Gasteiger partial charge on any atom is -0.358 e. The highest BCUT2D eigenvalue weighted by Crippen LogP contribution is 2.12. The molecule has 0 aliphatic heterocycles. The molecule has 0 rings (SSSR count). The van der Waals surface area contributed by atoms with E-state index in [-0.39, 0.29) is 5.91 Å². The third kappa shape index (κ3) is 2.10. The van der Waals surface area contributed by atoms with Gasteiger partial charge in [0.25, 0.3) is 0 Å². The molecule has 1 amide bonds. The van der Waals surface area contributed by atoms with E-state index in [4.69, 9.17) is 0 Å². The maximum absolute atomic E-state index is 11.0. The van der Waals surface area contributed by atoms with Crippen LogP contribution in [-0.2, 0) is 4.79 Å². The number of carbonyl (C=O) groups excluding carboxylic acids is 1. The summed E-state index contributed by atoms with van der Waals surface area (Å²) in [6, 6.07) is 0. The van der Waals surface area contributed by atoms with Crippen molar-refractivity contribution >= 4 is 5.91 Å². The Morgan fingerprint density at radius 2 is 2.00 bits per heavy atom. The minimum atomic E-state index is -0.552. The smallest absolute Gasteiger partial charge is 0.237 e. The van der Waals surface area contributed by atoms with Gasteiger partial charge in [0.1, 0.15) is 5.41 Å². The van der Waals surface area contributed by atoms with E-state index < -0.39 is 5.41 Å². The van der Waals surface area contributed by atoms with Crippen LogP contribution in [0.25, 0.3) is 0 Å². The minimum absolute atomic E-state index is 0.0400. The average molecular weight is 139 g/mol. The van der Waals surface area contributed by atoms with Crippen molar-refractivity contribution in [2.75, 3.05) is 7.05 Å². The van der Waals surface area contributed by atoms with Gasteiger partial charge in [-0.15, -0.1) is 5.92 Å². The second-order valence-corrected chi connectivity index (χ2v) is 2.58. The van der Waals surface area contributed by atoms with Crippen molar-refractivity contribution in [3.8, 4) is 11.8 Å². The van der Waals surface area contributed by atoms with Crippen molar-refractivity contribution in [1.29, 1.82) is 0 Å². The van der Waals surface area contributed by atoms with Crippen molar-refractivity contribution in [3.63, 3.8) is 0 Å². The lowest BCUT2D eigenvalue weighted by Crippen LogP contribution is -2.33. The second kappa shape index (κ2) is 3.26. The standard InChI is InChI=1S/C8H13NO/c1-5-6-8(2,3)7(10)9-4/h1-4H3,(H,9,10). The molecular formula is C8H13NO. The molecule has 1 N–H and O–H groups in total. The van der Waals surface area contributed by atoms with E-state index in [0.717, 1.165) is 0 Å². The second-order valence-electron chi connectivity index (χ2n) is 2.58. The van der Waals surface area contributed by atoms with Gasteiger partial charge in [-0.2, -0.15) is 0 Å². The predicted molar refractivity (Wildman–Crippen MR) is 41.3 cm³/mol. The molecule has 2 heteroatoms. The highest BCUT2D eigenvalue weighted by Gasteiger charge is 2.22. The average Bonchev–Trinajstić information content (AvgIpc) is 1.86. The van der Waals surface area contributed by atoms with Gasteiger partial charge in [-0.3, -0.25) is 4.79 Å². The number of nitrogens with one attached hydrogen (secondary N) is 1.